The summed E-state index contributed by atoms with van der Waals surface area (Å²) in [6.45, 7) is -0.0410. The predicted octanol–water partition coefficient (Wildman–Crippen LogP) is 4.17. The number of hydrazone groups is 1. The molecule has 4 nitrogen and oxygen atoms in total. The number of benzene rings is 2. The van der Waals surface area contributed by atoms with Crippen molar-refractivity contribution in [1.82, 2.24) is 5.43 Å². The van der Waals surface area contributed by atoms with E-state index in [9.17, 15) is 4.79 Å². The minimum absolute atomic E-state index is 0.0410. The van der Waals surface area contributed by atoms with Gasteiger partial charge in [-0.1, -0.05) is 55.0 Å². The van der Waals surface area contributed by atoms with E-state index in [1.54, 1.807) is 0 Å². The molecule has 2 aromatic rings. The van der Waals surface area contributed by atoms with Gasteiger partial charge in [-0.25, -0.2) is 5.43 Å². The van der Waals surface area contributed by atoms with Gasteiger partial charge in [-0.15, -0.1) is 0 Å². The molecule has 0 spiro atoms. The summed E-state index contributed by atoms with van der Waals surface area (Å²) in [6, 6.07) is 17.7. The highest BCUT2D eigenvalue weighted by Crippen LogP contribution is 2.29. The van der Waals surface area contributed by atoms with E-state index in [1.807, 2.05) is 54.6 Å². The van der Waals surface area contributed by atoms with Gasteiger partial charge >= 0.3 is 0 Å². The normalized spacial score (nSPS) is 14.1. The van der Waals surface area contributed by atoms with Gasteiger partial charge in [-0.05, 0) is 37.3 Å². The topological polar surface area (TPSA) is 50.7 Å². The molecule has 2 aromatic carbocycles. The fourth-order valence-corrected chi connectivity index (χ4v) is 2.84. The lowest BCUT2D eigenvalue weighted by Gasteiger charge is -2.13. The van der Waals surface area contributed by atoms with Crippen molar-refractivity contribution in [1.29, 1.82) is 0 Å². The SMILES string of the molecule is O=C(COc1ccccc1-c1ccccc1)NN=C1CCCCC1. The highest BCUT2D eigenvalue weighted by molar-refractivity contribution is 5.87. The lowest BCUT2D eigenvalue weighted by molar-refractivity contribution is -0.123. The summed E-state index contributed by atoms with van der Waals surface area (Å²) < 4.78 is 5.71. The number of nitrogens with one attached hydrogen (secondary N) is 1. The standard InChI is InChI=1S/C20H22N2O2/c23-20(22-21-17-11-5-2-6-12-17)15-24-19-14-8-7-13-18(19)16-9-3-1-4-10-16/h1,3-4,7-10,13-14H,2,5-6,11-12,15H2,(H,22,23). The first-order chi connectivity index (χ1) is 11.8. The van der Waals surface area contributed by atoms with Crippen molar-refractivity contribution in [2.45, 2.75) is 32.1 Å². The van der Waals surface area contributed by atoms with Gasteiger partial charge in [0.25, 0.3) is 5.91 Å². The van der Waals surface area contributed by atoms with Crippen molar-refractivity contribution in [2.24, 2.45) is 5.10 Å². The number of amides is 1. The molecule has 1 saturated carbocycles. The van der Waals surface area contributed by atoms with Gasteiger partial charge in [0.15, 0.2) is 6.61 Å². The summed E-state index contributed by atoms with van der Waals surface area (Å²) >= 11 is 0. The first-order valence-electron chi connectivity index (χ1n) is 8.44. The van der Waals surface area contributed by atoms with Crippen molar-refractivity contribution in [3.05, 3.63) is 54.6 Å². The van der Waals surface area contributed by atoms with Gasteiger partial charge in [0.1, 0.15) is 5.75 Å². The molecule has 124 valence electrons. The third-order valence-electron chi connectivity index (χ3n) is 4.10. The highest BCUT2D eigenvalue weighted by Gasteiger charge is 2.10. The summed E-state index contributed by atoms with van der Waals surface area (Å²) in [5.41, 5.74) is 5.73. The second kappa shape index (κ2) is 8.29. The largest absolute Gasteiger partial charge is 0.483 e. The van der Waals surface area contributed by atoms with Crippen molar-refractivity contribution in [3.63, 3.8) is 0 Å². The molecule has 1 aliphatic carbocycles. The Hall–Kier alpha value is -2.62. The molecule has 4 heteroatoms. The molecule has 0 saturated heterocycles. The smallest absolute Gasteiger partial charge is 0.277 e. The molecule has 3 rings (SSSR count). The number of carbonyl (C=O) groups excluding carboxylic acids is 1. The fourth-order valence-electron chi connectivity index (χ4n) is 2.84. The fraction of sp³-hybridized carbons (Fsp3) is 0.300. The maximum atomic E-state index is 12.0. The van der Waals surface area contributed by atoms with E-state index in [-0.39, 0.29) is 12.5 Å². The van der Waals surface area contributed by atoms with Crippen LogP contribution in [0.4, 0.5) is 0 Å². The van der Waals surface area contributed by atoms with E-state index < -0.39 is 0 Å². The third kappa shape index (κ3) is 4.44. The van der Waals surface area contributed by atoms with E-state index in [0.717, 1.165) is 42.5 Å². The molecule has 0 aromatic heterocycles. The number of hydrogen-bond donors (Lipinski definition) is 1. The predicted molar refractivity (Wildman–Crippen MR) is 96.0 cm³/mol. The first-order valence-corrected chi connectivity index (χ1v) is 8.44. The number of para-hydroxylation sites is 1. The molecule has 1 N–H and O–H groups in total. The number of carbonyl (C=O) groups is 1. The Balaban J connectivity index is 1.59. The molecule has 1 aliphatic rings. The lowest BCUT2D eigenvalue weighted by atomic mass is 9.99. The van der Waals surface area contributed by atoms with Crippen LogP contribution in [0.3, 0.4) is 0 Å². The van der Waals surface area contributed by atoms with E-state index in [0.29, 0.717) is 5.75 Å². The van der Waals surface area contributed by atoms with E-state index in [2.05, 4.69) is 10.5 Å². The number of nitrogens with zero attached hydrogens (tertiary/aromatic N) is 1. The van der Waals surface area contributed by atoms with Gasteiger partial charge in [0, 0.05) is 11.3 Å². The summed E-state index contributed by atoms with van der Waals surface area (Å²) in [4.78, 5) is 12.0. The first kappa shape index (κ1) is 16.2. The molecular formula is C20H22N2O2. The summed E-state index contributed by atoms with van der Waals surface area (Å²) in [7, 11) is 0. The molecule has 0 heterocycles. The number of rotatable bonds is 5. The summed E-state index contributed by atoms with van der Waals surface area (Å²) in [5, 5.41) is 4.21. The summed E-state index contributed by atoms with van der Waals surface area (Å²) in [5.74, 6) is 0.472. The van der Waals surface area contributed by atoms with Gasteiger partial charge in [-0.2, -0.15) is 5.10 Å². The zero-order valence-corrected chi connectivity index (χ0v) is 13.7. The van der Waals surface area contributed by atoms with Crippen molar-refractivity contribution in [3.8, 4) is 16.9 Å². The van der Waals surface area contributed by atoms with Crippen LogP contribution in [-0.4, -0.2) is 18.2 Å². The van der Waals surface area contributed by atoms with Crippen LogP contribution in [0.5, 0.6) is 5.75 Å². The molecule has 1 fully saturated rings. The second-order valence-corrected chi connectivity index (χ2v) is 5.92. The van der Waals surface area contributed by atoms with Gasteiger partial charge < -0.3 is 4.74 Å². The molecular weight excluding hydrogens is 300 g/mol. The molecule has 0 atom stereocenters. The Morgan fingerprint density at radius 2 is 1.67 bits per heavy atom. The molecule has 0 unspecified atom stereocenters. The molecule has 0 aliphatic heterocycles. The van der Waals surface area contributed by atoms with E-state index >= 15 is 0 Å². The monoisotopic (exact) mass is 322 g/mol. The Bertz CT molecular complexity index is 703. The van der Waals surface area contributed by atoms with Crippen molar-refractivity contribution < 1.29 is 9.53 Å². The van der Waals surface area contributed by atoms with Crippen LogP contribution in [0.1, 0.15) is 32.1 Å². The molecule has 0 radical (unpaired) electrons. The Morgan fingerprint density at radius 3 is 2.46 bits per heavy atom. The van der Waals surface area contributed by atoms with Crippen molar-refractivity contribution >= 4 is 11.6 Å². The van der Waals surface area contributed by atoms with Gasteiger partial charge in [-0.3, -0.25) is 4.79 Å². The van der Waals surface area contributed by atoms with Crippen LogP contribution in [0.25, 0.3) is 11.1 Å². The van der Waals surface area contributed by atoms with Crippen LogP contribution in [0, 0.1) is 0 Å². The van der Waals surface area contributed by atoms with Crippen LogP contribution in [0.15, 0.2) is 59.7 Å². The zero-order chi connectivity index (χ0) is 16.6. The highest BCUT2D eigenvalue weighted by atomic mass is 16.5. The van der Waals surface area contributed by atoms with E-state index in [4.69, 9.17) is 4.74 Å². The van der Waals surface area contributed by atoms with E-state index in [1.165, 1.54) is 6.42 Å². The Labute approximate surface area is 142 Å². The minimum Gasteiger partial charge on any atom is -0.483 e. The zero-order valence-electron chi connectivity index (χ0n) is 13.7. The third-order valence-corrected chi connectivity index (χ3v) is 4.10. The molecule has 24 heavy (non-hydrogen) atoms. The van der Waals surface area contributed by atoms with Crippen LogP contribution in [0.2, 0.25) is 0 Å². The second-order valence-electron chi connectivity index (χ2n) is 5.92. The Morgan fingerprint density at radius 1 is 0.958 bits per heavy atom. The average molecular weight is 322 g/mol. The Kier molecular flexibility index (Phi) is 5.61. The average Bonchev–Trinajstić information content (AvgIpc) is 2.66. The van der Waals surface area contributed by atoms with Crippen molar-refractivity contribution in [2.75, 3.05) is 6.61 Å². The van der Waals surface area contributed by atoms with Gasteiger partial charge in [0.05, 0.1) is 0 Å². The number of ether oxygens (including phenoxy) is 1. The molecule has 1 amide bonds. The number of hydrogen-bond acceptors (Lipinski definition) is 3. The maximum Gasteiger partial charge on any atom is 0.277 e. The minimum atomic E-state index is -0.226. The maximum absolute atomic E-state index is 12.0. The van der Waals surface area contributed by atoms with Crippen LogP contribution >= 0.6 is 0 Å². The lowest BCUT2D eigenvalue weighted by Crippen LogP contribution is -2.26. The quantitative estimate of drug-likeness (QED) is 0.840. The summed E-state index contributed by atoms with van der Waals surface area (Å²) in [6.07, 6.45) is 5.55. The van der Waals surface area contributed by atoms with Crippen LogP contribution < -0.4 is 10.2 Å². The molecule has 0 bridgehead atoms. The van der Waals surface area contributed by atoms with Crippen LogP contribution in [-0.2, 0) is 4.79 Å². The van der Waals surface area contributed by atoms with Gasteiger partial charge in [0.2, 0.25) is 0 Å².